The van der Waals surface area contributed by atoms with Crippen LogP contribution in [0.25, 0.3) is 0 Å². The highest BCUT2D eigenvalue weighted by Crippen LogP contribution is 2.39. The molecule has 24 heavy (non-hydrogen) atoms. The van der Waals surface area contributed by atoms with E-state index in [1.807, 2.05) is 27.7 Å². The Morgan fingerprint density at radius 3 is 2.38 bits per heavy atom. The van der Waals surface area contributed by atoms with Crippen LogP contribution in [-0.2, 0) is 9.59 Å². The number of rotatable bonds is 3. The van der Waals surface area contributed by atoms with Crippen LogP contribution in [0.5, 0.6) is 0 Å². The summed E-state index contributed by atoms with van der Waals surface area (Å²) in [7, 11) is 0. The molecule has 1 aliphatic rings. The molecule has 1 amide bonds. The first-order valence-corrected chi connectivity index (χ1v) is 9.65. The summed E-state index contributed by atoms with van der Waals surface area (Å²) in [6.45, 7) is 7.69. The highest BCUT2D eigenvalue weighted by atomic mass is 35.5. The molecule has 1 fully saturated rings. The molecule has 5 heteroatoms. The van der Waals surface area contributed by atoms with Gasteiger partial charge in [-0.25, -0.2) is 0 Å². The number of thioether (sulfide) groups is 1. The number of anilines is 1. The summed E-state index contributed by atoms with van der Waals surface area (Å²) in [6.07, 6.45) is 5.18. The van der Waals surface area contributed by atoms with Crippen LogP contribution in [0.2, 0.25) is 5.02 Å². The van der Waals surface area contributed by atoms with Crippen molar-refractivity contribution in [3.63, 3.8) is 0 Å². The Morgan fingerprint density at radius 2 is 1.79 bits per heavy atom. The number of halogens is 1. The quantitative estimate of drug-likeness (QED) is 0.675. The van der Waals surface area contributed by atoms with E-state index in [9.17, 15) is 9.59 Å². The maximum absolute atomic E-state index is 12.8. The van der Waals surface area contributed by atoms with Crippen LogP contribution in [0.4, 0.5) is 5.69 Å². The number of nitrogens with one attached hydrogen (secondary N) is 1. The number of hydrogen-bond acceptors (Lipinski definition) is 3. The molecule has 0 unspecified atom stereocenters. The standard InChI is InChI=1S/C19H26ClNO2S/c1-18(2,3)17(23)24-15-9-8-13(20)12-14(15)21-16(22)19(4)10-6-5-7-11-19/h8-9,12H,5-7,10-11H2,1-4H3,(H,21,22). The lowest BCUT2D eigenvalue weighted by molar-refractivity contribution is -0.126. The highest BCUT2D eigenvalue weighted by molar-refractivity contribution is 8.13. The van der Waals surface area contributed by atoms with Crippen LogP contribution in [0, 0.1) is 10.8 Å². The molecular formula is C19H26ClNO2S. The van der Waals surface area contributed by atoms with Gasteiger partial charge in [0.15, 0.2) is 5.12 Å². The van der Waals surface area contributed by atoms with Crippen molar-refractivity contribution in [2.24, 2.45) is 10.8 Å². The van der Waals surface area contributed by atoms with E-state index in [0.717, 1.165) is 42.3 Å². The molecule has 0 radical (unpaired) electrons. The molecule has 0 bridgehead atoms. The van der Waals surface area contributed by atoms with Gasteiger partial charge in [0.25, 0.3) is 0 Å². The van der Waals surface area contributed by atoms with Crippen LogP contribution >= 0.6 is 23.4 Å². The summed E-state index contributed by atoms with van der Waals surface area (Å²) in [5, 5.41) is 3.63. The van der Waals surface area contributed by atoms with Gasteiger partial charge in [0, 0.05) is 20.7 Å². The Labute approximate surface area is 153 Å². The van der Waals surface area contributed by atoms with Gasteiger partial charge in [0.1, 0.15) is 0 Å². The van der Waals surface area contributed by atoms with Crippen LogP contribution in [-0.4, -0.2) is 11.0 Å². The summed E-state index contributed by atoms with van der Waals surface area (Å²) in [5.74, 6) is 0.0227. The minimum absolute atomic E-state index is 0.0227. The first-order valence-electron chi connectivity index (χ1n) is 8.45. The lowest BCUT2D eigenvalue weighted by Crippen LogP contribution is -2.35. The zero-order valence-electron chi connectivity index (χ0n) is 14.9. The van der Waals surface area contributed by atoms with E-state index in [0.29, 0.717) is 10.7 Å². The molecule has 1 aromatic carbocycles. The lowest BCUT2D eigenvalue weighted by atomic mass is 9.75. The molecule has 1 aliphatic carbocycles. The van der Waals surface area contributed by atoms with E-state index in [1.54, 1.807) is 18.2 Å². The average molecular weight is 368 g/mol. The molecule has 0 spiro atoms. The fourth-order valence-corrected chi connectivity index (χ4v) is 3.81. The summed E-state index contributed by atoms with van der Waals surface area (Å²) in [6, 6.07) is 5.27. The molecule has 2 rings (SSSR count). The third kappa shape index (κ3) is 4.76. The number of carbonyl (C=O) groups excluding carboxylic acids is 2. The van der Waals surface area contributed by atoms with Crippen molar-refractivity contribution in [1.29, 1.82) is 0 Å². The van der Waals surface area contributed by atoms with Crippen LogP contribution < -0.4 is 5.32 Å². The topological polar surface area (TPSA) is 46.2 Å². The summed E-state index contributed by atoms with van der Waals surface area (Å²) >= 11 is 7.26. The molecule has 1 aromatic rings. The smallest absolute Gasteiger partial charge is 0.230 e. The summed E-state index contributed by atoms with van der Waals surface area (Å²) < 4.78 is 0. The molecule has 0 atom stereocenters. The van der Waals surface area contributed by atoms with Crippen LogP contribution in [0.1, 0.15) is 59.8 Å². The molecule has 3 nitrogen and oxygen atoms in total. The van der Waals surface area contributed by atoms with Crippen molar-refractivity contribution in [2.45, 2.75) is 64.7 Å². The second-order valence-electron chi connectivity index (χ2n) is 7.86. The molecule has 0 heterocycles. The zero-order valence-corrected chi connectivity index (χ0v) is 16.4. The fourth-order valence-electron chi connectivity index (χ4n) is 2.77. The minimum Gasteiger partial charge on any atom is -0.325 e. The van der Waals surface area contributed by atoms with Gasteiger partial charge in [-0.1, -0.05) is 58.6 Å². The van der Waals surface area contributed by atoms with Crippen molar-refractivity contribution >= 4 is 40.1 Å². The first kappa shape index (κ1) is 19.3. The highest BCUT2D eigenvalue weighted by Gasteiger charge is 2.35. The number of hydrogen-bond donors (Lipinski definition) is 1. The van der Waals surface area contributed by atoms with Crippen molar-refractivity contribution in [3.8, 4) is 0 Å². The Bertz CT molecular complexity index is 631. The van der Waals surface area contributed by atoms with E-state index < -0.39 is 5.41 Å². The lowest BCUT2D eigenvalue weighted by Gasteiger charge is -2.32. The van der Waals surface area contributed by atoms with Crippen molar-refractivity contribution < 1.29 is 9.59 Å². The predicted octanol–water partition coefficient (Wildman–Crippen LogP) is 5.91. The average Bonchev–Trinajstić information content (AvgIpc) is 2.49. The molecule has 132 valence electrons. The molecule has 0 saturated heterocycles. The Balaban J connectivity index is 2.21. The van der Waals surface area contributed by atoms with Gasteiger partial charge in [0.05, 0.1) is 5.69 Å². The van der Waals surface area contributed by atoms with E-state index in [2.05, 4.69) is 5.32 Å². The van der Waals surface area contributed by atoms with Crippen molar-refractivity contribution in [1.82, 2.24) is 0 Å². The monoisotopic (exact) mass is 367 g/mol. The fraction of sp³-hybridized carbons (Fsp3) is 0.579. The van der Waals surface area contributed by atoms with Gasteiger partial charge in [-0.15, -0.1) is 0 Å². The maximum atomic E-state index is 12.8. The van der Waals surface area contributed by atoms with Crippen molar-refractivity contribution in [3.05, 3.63) is 23.2 Å². The first-order chi connectivity index (χ1) is 11.1. The molecule has 0 aliphatic heterocycles. The largest absolute Gasteiger partial charge is 0.325 e. The van der Waals surface area contributed by atoms with Crippen LogP contribution in [0.15, 0.2) is 23.1 Å². The predicted molar refractivity (Wildman–Crippen MR) is 102 cm³/mol. The van der Waals surface area contributed by atoms with Gasteiger partial charge in [0.2, 0.25) is 5.91 Å². The number of carbonyl (C=O) groups is 2. The van der Waals surface area contributed by atoms with Gasteiger partial charge < -0.3 is 5.32 Å². The van der Waals surface area contributed by atoms with E-state index in [1.165, 1.54) is 6.42 Å². The Kier molecular flexibility index (Phi) is 6.03. The minimum atomic E-state index is -0.444. The maximum Gasteiger partial charge on any atom is 0.230 e. The van der Waals surface area contributed by atoms with Gasteiger partial charge in [-0.3, -0.25) is 9.59 Å². The van der Waals surface area contributed by atoms with E-state index in [4.69, 9.17) is 11.6 Å². The molecule has 0 aromatic heterocycles. The second kappa shape index (κ2) is 7.49. The van der Waals surface area contributed by atoms with E-state index in [-0.39, 0.29) is 16.4 Å². The van der Waals surface area contributed by atoms with Gasteiger partial charge in [-0.2, -0.15) is 0 Å². The summed E-state index contributed by atoms with van der Waals surface area (Å²) in [4.78, 5) is 25.9. The SMILES string of the molecule is CC(C)(C)C(=O)Sc1ccc(Cl)cc1NC(=O)C1(C)CCCCC1. The number of amides is 1. The van der Waals surface area contributed by atoms with Crippen LogP contribution in [0.3, 0.4) is 0 Å². The molecule has 1 N–H and O–H groups in total. The Morgan fingerprint density at radius 1 is 1.17 bits per heavy atom. The summed E-state index contributed by atoms with van der Waals surface area (Å²) in [5.41, 5.74) is -0.154. The van der Waals surface area contributed by atoms with Crippen molar-refractivity contribution in [2.75, 3.05) is 5.32 Å². The zero-order chi connectivity index (χ0) is 18.0. The van der Waals surface area contributed by atoms with Gasteiger partial charge in [-0.05, 0) is 42.8 Å². The van der Waals surface area contributed by atoms with Gasteiger partial charge >= 0.3 is 0 Å². The Hall–Kier alpha value is -1.00. The molecular weight excluding hydrogens is 342 g/mol. The molecule has 1 saturated carbocycles. The van der Waals surface area contributed by atoms with E-state index >= 15 is 0 Å². The third-order valence-electron chi connectivity index (χ3n) is 4.51. The normalized spacial score (nSPS) is 17.4. The number of benzene rings is 1. The second-order valence-corrected chi connectivity index (χ2v) is 9.31. The third-order valence-corrected chi connectivity index (χ3v) is 6.12.